The minimum atomic E-state index is -4.57. The summed E-state index contributed by atoms with van der Waals surface area (Å²) in [4.78, 5) is 25.1. The molecule has 1 amide bonds. The Morgan fingerprint density at radius 3 is 1.42 bits per heavy atom. The van der Waals surface area contributed by atoms with Gasteiger partial charge in [0.25, 0.3) is 7.82 Å². The van der Waals surface area contributed by atoms with Gasteiger partial charge in [-0.25, -0.2) is 0 Å². The number of aliphatic hydroxyl groups is 1. The molecule has 0 fully saturated rings. The second-order valence-corrected chi connectivity index (χ2v) is 18.2. The Kier molecular flexibility index (Phi) is 36.3. The number of carbonyl (C=O) groups excluding carboxylic acids is 1. The number of unbranched alkanes of at least 4 members (excludes halogenated alkanes) is 28. The van der Waals surface area contributed by atoms with E-state index in [4.69, 9.17) is 9.05 Å². The highest BCUT2D eigenvalue weighted by Crippen LogP contribution is 2.38. The number of nitrogens with zero attached hydrogens (tertiary/aromatic N) is 1. The molecule has 316 valence electrons. The highest BCUT2D eigenvalue weighted by Gasteiger charge is 2.23. The third-order valence-corrected chi connectivity index (χ3v) is 11.2. The summed E-state index contributed by atoms with van der Waals surface area (Å²) in [7, 11) is 1.27. The quantitative estimate of drug-likeness (QED) is 0.0277. The van der Waals surface area contributed by atoms with Crippen molar-refractivity contribution in [2.45, 2.75) is 225 Å². The molecule has 0 aliphatic heterocycles. The molecule has 0 heterocycles. The molecule has 8 nitrogen and oxygen atoms in total. The molecule has 3 atom stereocenters. The molecule has 3 unspecified atom stereocenters. The van der Waals surface area contributed by atoms with Crippen molar-refractivity contribution in [2.75, 3.05) is 40.9 Å². The number of likely N-dealkylation sites (N-methyl/N-ethyl adjacent to an activating group) is 1. The lowest BCUT2D eigenvalue weighted by atomic mass is 10.0. The summed E-state index contributed by atoms with van der Waals surface area (Å²) in [6.07, 6.45) is 41.3. The van der Waals surface area contributed by atoms with E-state index in [9.17, 15) is 19.4 Å². The monoisotopic (exact) mass is 773 g/mol. The standard InChI is InChI=1S/C44H89N2O6P/c1-6-8-10-12-14-16-17-18-19-20-21-22-23-24-25-26-27-28-29-30-31-33-35-37-43(47)42(41-52-53(49,50)51-40-39-46(3,4)5)45-44(48)38-36-34-32-15-13-11-9-7-2/h35,37,42-43,47H,6-34,36,38-41H2,1-5H3,(H-,45,48,49,50)/b37-35+. The van der Waals surface area contributed by atoms with Gasteiger partial charge in [0, 0.05) is 6.42 Å². The molecule has 0 aromatic carbocycles. The van der Waals surface area contributed by atoms with Gasteiger partial charge in [-0.15, -0.1) is 0 Å². The molecule has 0 aromatic heterocycles. The van der Waals surface area contributed by atoms with Gasteiger partial charge in [0.1, 0.15) is 13.2 Å². The van der Waals surface area contributed by atoms with Crippen LogP contribution in [0, 0.1) is 0 Å². The maximum Gasteiger partial charge on any atom is 0.268 e. The molecule has 0 aliphatic rings. The molecule has 0 rings (SSSR count). The topological polar surface area (TPSA) is 108 Å². The minimum Gasteiger partial charge on any atom is -0.756 e. The summed E-state index contributed by atoms with van der Waals surface area (Å²) in [5.41, 5.74) is 0. The summed E-state index contributed by atoms with van der Waals surface area (Å²) < 4.78 is 23.1. The fourth-order valence-electron chi connectivity index (χ4n) is 6.62. The van der Waals surface area contributed by atoms with Gasteiger partial charge in [0.2, 0.25) is 5.91 Å². The maximum absolute atomic E-state index is 12.7. The van der Waals surface area contributed by atoms with Crippen molar-refractivity contribution in [1.82, 2.24) is 5.32 Å². The second kappa shape index (κ2) is 36.9. The van der Waals surface area contributed by atoms with E-state index in [-0.39, 0.29) is 19.1 Å². The second-order valence-electron chi connectivity index (χ2n) is 16.8. The number of phosphoric ester groups is 1. The molecule has 0 spiro atoms. The number of carbonyl (C=O) groups is 1. The van der Waals surface area contributed by atoms with Crippen LogP contribution in [0.1, 0.15) is 213 Å². The first-order valence-corrected chi connectivity index (χ1v) is 24.0. The van der Waals surface area contributed by atoms with Crippen molar-refractivity contribution >= 4 is 13.7 Å². The number of quaternary nitrogens is 1. The van der Waals surface area contributed by atoms with Crippen LogP contribution in [-0.4, -0.2) is 68.5 Å². The van der Waals surface area contributed by atoms with Crippen molar-refractivity contribution in [1.29, 1.82) is 0 Å². The van der Waals surface area contributed by atoms with Crippen molar-refractivity contribution in [3.8, 4) is 0 Å². The van der Waals surface area contributed by atoms with E-state index in [2.05, 4.69) is 19.2 Å². The molecular formula is C44H89N2O6P. The summed E-state index contributed by atoms with van der Waals surface area (Å²) in [6, 6.07) is -0.878. The lowest BCUT2D eigenvalue weighted by Crippen LogP contribution is -2.45. The molecule has 0 saturated carbocycles. The maximum atomic E-state index is 12.7. The summed E-state index contributed by atoms with van der Waals surface area (Å²) in [5, 5.41) is 13.7. The van der Waals surface area contributed by atoms with Gasteiger partial charge in [-0.1, -0.05) is 199 Å². The number of phosphoric acid groups is 1. The minimum absolute atomic E-state index is 0.00170. The Bertz CT molecular complexity index is 880. The van der Waals surface area contributed by atoms with Crippen molar-refractivity contribution in [3.05, 3.63) is 12.2 Å². The lowest BCUT2D eigenvalue weighted by Gasteiger charge is -2.29. The van der Waals surface area contributed by atoms with Gasteiger partial charge in [0.05, 0.1) is 39.9 Å². The van der Waals surface area contributed by atoms with Gasteiger partial charge in [-0.05, 0) is 19.3 Å². The van der Waals surface area contributed by atoms with Crippen LogP contribution in [0.5, 0.6) is 0 Å². The highest BCUT2D eigenvalue weighted by atomic mass is 31.2. The third-order valence-electron chi connectivity index (χ3n) is 10.2. The summed E-state index contributed by atoms with van der Waals surface area (Å²) in [6.45, 7) is 4.62. The molecular weight excluding hydrogens is 683 g/mol. The Morgan fingerprint density at radius 1 is 0.642 bits per heavy atom. The Hall–Kier alpha value is -0.760. The predicted octanol–water partition coefficient (Wildman–Crippen LogP) is 11.7. The van der Waals surface area contributed by atoms with Gasteiger partial charge >= 0.3 is 0 Å². The highest BCUT2D eigenvalue weighted by molar-refractivity contribution is 7.45. The average Bonchev–Trinajstić information content (AvgIpc) is 3.10. The van der Waals surface area contributed by atoms with Crippen LogP contribution in [0.2, 0.25) is 0 Å². The van der Waals surface area contributed by atoms with E-state index < -0.39 is 20.0 Å². The Morgan fingerprint density at radius 2 is 1.02 bits per heavy atom. The van der Waals surface area contributed by atoms with Crippen LogP contribution in [-0.2, 0) is 18.4 Å². The van der Waals surface area contributed by atoms with E-state index >= 15 is 0 Å². The molecule has 0 aliphatic carbocycles. The van der Waals surface area contributed by atoms with Crippen molar-refractivity contribution < 1.29 is 32.9 Å². The first-order chi connectivity index (χ1) is 25.5. The SMILES string of the molecule is CCCCCCCCCCCCCCCCCCCCCCC/C=C/C(O)C(COP(=O)([O-])OCC[N+](C)(C)C)NC(=O)CCCCCCCCCC. The molecule has 9 heteroatoms. The van der Waals surface area contributed by atoms with E-state index in [0.29, 0.717) is 17.4 Å². The van der Waals surface area contributed by atoms with Crippen LogP contribution in [0.25, 0.3) is 0 Å². The van der Waals surface area contributed by atoms with Crippen molar-refractivity contribution in [3.63, 3.8) is 0 Å². The van der Waals surface area contributed by atoms with E-state index in [0.717, 1.165) is 38.5 Å². The summed E-state index contributed by atoms with van der Waals surface area (Å²) in [5.74, 6) is -0.201. The number of rotatable bonds is 41. The van der Waals surface area contributed by atoms with E-state index in [1.807, 2.05) is 27.2 Å². The van der Waals surface area contributed by atoms with Crippen LogP contribution >= 0.6 is 7.82 Å². The van der Waals surface area contributed by atoms with Gasteiger partial charge < -0.3 is 28.8 Å². The van der Waals surface area contributed by atoms with Crippen LogP contribution in [0.4, 0.5) is 0 Å². The Balaban J connectivity index is 4.21. The zero-order valence-electron chi connectivity index (χ0n) is 35.7. The largest absolute Gasteiger partial charge is 0.756 e. The summed E-state index contributed by atoms with van der Waals surface area (Å²) >= 11 is 0. The molecule has 0 aromatic rings. The van der Waals surface area contributed by atoms with Crippen LogP contribution in [0.15, 0.2) is 12.2 Å². The van der Waals surface area contributed by atoms with Crippen LogP contribution < -0.4 is 10.2 Å². The Labute approximate surface area is 329 Å². The fraction of sp³-hybridized carbons (Fsp3) is 0.932. The zero-order chi connectivity index (χ0) is 39.3. The molecule has 0 radical (unpaired) electrons. The number of hydrogen-bond acceptors (Lipinski definition) is 6. The zero-order valence-corrected chi connectivity index (χ0v) is 36.6. The average molecular weight is 773 g/mol. The lowest BCUT2D eigenvalue weighted by molar-refractivity contribution is -0.870. The molecule has 0 bridgehead atoms. The first-order valence-electron chi connectivity index (χ1n) is 22.6. The molecule has 0 saturated heterocycles. The number of hydrogen-bond donors (Lipinski definition) is 2. The number of aliphatic hydroxyl groups excluding tert-OH is 1. The number of nitrogens with one attached hydrogen (secondary N) is 1. The van der Waals surface area contributed by atoms with E-state index in [1.165, 1.54) is 154 Å². The van der Waals surface area contributed by atoms with E-state index in [1.54, 1.807) is 6.08 Å². The number of allylic oxidation sites excluding steroid dienone is 1. The van der Waals surface area contributed by atoms with Crippen LogP contribution in [0.3, 0.4) is 0 Å². The molecule has 53 heavy (non-hydrogen) atoms. The normalized spacial score (nSPS) is 14.5. The smallest absolute Gasteiger partial charge is 0.268 e. The van der Waals surface area contributed by atoms with Gasteiger partial charge in [-0.3, -0.25) is 9.36 Å². The fourth-order valence-corrected chi connectivity index (χ4v) is 7.35. The first kappa shape index (κ1) is 52.2. The van der Waals surface area contributed by atoms with Crippen molar-refractivity contribution in [2.24, 2.45) is 0 Å². The third kappa shape index (κ3) is 39.3. The van der Waals surface area contributed by atoms with Gasteiger partial charge in [-0.2, -0.15) is 0 Å². The van der Waals surface area contributed by atoms with Gasteiger partial charge in [0.15, 0.2) is 0 Å². The predicted molar refractivity (Wildman–Crippen MR) is 224 cm³/mol. The molecule has 2 N–H and O–H groups in total. The number of amides is 1.